The van der Waals surface area contributed by atoms with Gasteiger partial charge in [0.25, 0.3) is 0 Å². The van der Waals surface area contributed by atoms with Crippen molar-refractivity contribution < 1.29 is 0 Å². The third-order valence-electron chi connectivity index (χ3n) is 1.87. The number of hydrogen-bond donors (Lipinski definition) is 1. The van der Waals surface area contributed by atoms with Gasteiger partial charge in [-0.05, 0) is 25.0 Å². The molecule has 0 aliphatic rings. The van der Waals surface area contributed by atoms with Gasteiger partial charge >= 0.3 is 0 Å². The highest BCUT2D eigenvalue weighted by molar-refractivity contribution is 6.20. The van der Waals surface area contributed by atoms with Crippen LogP contribution in [0.25, 0.3) is 0 Å². The number of pyridine rings is 1. The van der Waals surface area contributed by atoms with Crippen molar-refractivity contribution in [3.8, 4) is 0 Å². The summed E-state index contributed by atoms with van der Waals surface area (Å²) in [5, 5.41) is 3.49. The van der Waals surface area contributed by atoms with E-state index in [2.05, 4.69) is 17.2 Å². The van der Waals surface area contributed by atoms with E-state index in [1.807, 2.05) is 18.2 Å². The van der Waals surface area contributed by atoms with E-state index < -0.39 is 0 Å². The number of hydrogen-bond acceptors (Lipinski definition) is 2. The second-order valence-corrected chi connectivity index (χ2v) is 3.55. The largest absolute Gasteiger partial charge is 0.370 e. The molecule has 1 atom stereocenters. The molecule has 0 fully saturated rings. The van der Waals surface area contributed by atoms with Crippen LogP contribution in [0.2, 0.25) is 0 Å². The maximum absolute atomic E-state index is 5.97. The molecule has 1 heterocycles. The van der Waals surface area contributed by atoms with Crippen LogP contribution < -0.4 is 5.32 Å². The molecule has 1 unspecified atom stereocenters. The van der Waals surface area contributed by atoms with Crippen molar-refractivity contribution in [1.82, 2.24) is 4.98 Å². The molecule has 0 radical (unpaired) electrons. The molecule has 72 valence electrons. The molecule has 0 spiro atoms. The van der Waals surface area contributed by atoms with Crippen molar-refractivity contribution in [1.29, 1.82) is 0 Å². The second-order valence-electron chi connectivity index (χ2n) is 2.94. The van der Waals surface area contributed by atoms with Gasteiger partial charge in [0.2, 0.25) is 0 Å². The minimum atomic E-state index is 0.274. The van der Waals surface area contributed by atoms with Crippen molar-refractivity contribution in [2.45, 2.75) is 25.1 Å². The van der Waals surface area contributed by atoms with Crippen LogP contribution in [0.1, 0.15) is 19.8 Å². The molecule has 0 amide bonds. The summed E-state index contributed by atoms with van der Waals surface area (Å²) in [6.07, 6.45) is 3.78. The van der Waals surface area contributed by atoms with Crippen LogP contribution in [0.5, 0.6) is 0 Å². The summed E-state index contributed by atoms with van der Waals surface area (Å²) in [6.45, 7) is 2.98. The molecule has 0 aromatic carbocycles. The molecule has 1 aromatic heterocycles. The van der Waals surface area contributed by atoms with Crippen molar-refractivity contribution >= 4 is 17.4 Å². The van der Waals surface area contributed by atoms with Crippen LogP contribution in [0.3, 0.4) is 0 Å². The zero-order chi connectivity index (χ0) is 9.52. The fraction of sp³-hybridized carbons (Fsp3) is 0.500. The maximum atomic E-state index is 5.97. The predicted octanol–water partition coefficient (Wildman–Crippen LogP) is 2.90. The Balaban J connectivity index is 2.20. The Kier molecular flexibility index (Phi) is 4.61. The molecule has 3 heteroatoms. The molecule has 13 heavy (non-hydrogen) atoms. The van der Waals surface area contributed by atoms with Crippen LogP contribution in [0.15, 0.2) is 24.4 Å². The fourth-order valence-electron chi connectivity index (χ4n) is 1.03. The van der Waals surface area contributed by atoms with Gasteiger partial charge in [-0.3, -0.25) is 0 Å². The van der Waals surface area contributed by atoms with Crippen LogP contribution in [-0.2, 0) is 0 Å². The van der Waals surface area contributed by atoms with Gasteiger partial charge < -0.3 is 5.32 Å². The standard InChI is InChI=1S/C10H15ClN2/c1-2-9(11)6-8-13-10-5-3-4-7-12-10/h3-5,7,9H,2,6,8H2,1H3,(H,12,13). The van der Waals surface area contributed by atoms with Crippen LogP contribution in [0.4, 0.5) is 5.82 Å². The van der Waals surface area contributed by atoms with E-state index in [4.69, 9.17) is 11.6 Å². The summed E-state index contributed by atoms with van der Waals surface area (Å²) in [5.41, 5.74) is 0. The van der Waals surface area contributed by atoms with E-state index in [0.717, 1.165) is 25.2 Å². The molecule has 2 nitrogen and oxygen atoms in total. The third-order valence-corrected chi connectivity index (χ3v) is 2.40. The zero-order valence-corrected chi connectivity index (χ0v) is 8.59. The predicted molar refractivity (Wildman–Crippen MR) is 57.3 cm³/mol. The summed E-state index contributed by atoms with van der Waals surface area (Å²) < 4.78 is 0. The van der Waals surface area contributed by atoms with Gasteiger partial charge in [-0.2, -0.15) is 0 Å². The highest BCUT2D eigenvalue weighted by atomic mass is 35.5. The summed E-state index contributed by atoms with van der Waals surface area (Å²) >= 11 is 5.97. The van der Waals surface area contributed by atoms with Crippen molar-refractivity contribution in [3.63, 3.8) is 0 Å². The Bertz CT molecular complexity index is 226. The fourth-order valence-corrected chi connectivity index (χ4v) is 1.14. The summed E-state index contributed by atoms with van der Waals surface area (Å²) in [7, 11) is 0. The van der Waals surface area contributed by atoms with E-state index >= 15 is 0 Å². The minimum Gasteiger partial charge on any atom is -0.370 e. The normalized spacial score (nSPS) is 12.5. The van der Waals surface area contributed by atoms with Crippen molar-refractivity contribution in [2.24, 2.45) is 0 Å². The first kappa shape index (κ1) is 10.3. The lowest BCUT2D eigenvalue weighted by Crippen LogP contribution is -2.08. The number of nitrogens with zero attached hydrogens (tertiary/aromatic N) is 1. The monoisotopic (exact) mass is 198 g/mol. The average molecular weight is 199 g/mol. The molecule has 1 rings (SSSR count). The average Bonchev–Trinajstić information content (AvgIpc) is 2.19. The van der Waals surface area contributed by atoms with Gasteiger partial charge in [0, 0.05) is 18.1 Å². The molecule has 0 bridgehead atoms. The summed E-state index contributed by atoms with van der Waals surface area (Å²) in [6, 6.07) is 5.82. The Morgan fingerprint density at radius 3 is 3.00 bits per heavy atom. The van der Waals surface area contributed by atoms with E-state index in [9.17, 15) is 0 Å². The minimum absolute atomic E-state index is 0.274. The van der Waals surface area contributed by atoms with Crippen LogP contribution in [-0.4, -0.2) is 16.9 Å². The van der Waals surface area contributed by atoms with Gasteiger partial charge in [0.15, 0.2) is 0 Å². The lowest BCUT2D eigenvalue weighted by molar-refractivity contribution is 0.752. The van der Waals surface area contributed by atoms with E-state index in [1.54, 1.807) is 6.20 Å². The lowest BCUT2D eigenvalue weighted by Gasteiger charge is -2.07. The first-order chi connectivity index (χ1) is 6.33. The second kappa shape index (κ2) is 5.81. The summed E-state index contributed by atoms with van der Waals surface area (Å²) in [5.74, 6) is 0.919. The highest BCUT2D eigenvalue weighted by Gasteiger charge is 1.99. The molecule has 0 saturated heterocycles. The molecular weight excluding hydrogens is 184 g/mol. The first-order valence-electron chi connectivity index (χ1n) is 4.62. The Morgan fingerprint density at radius 1 is 1.54 bits per heavy atom. The van der Waals surface area contributed by atoms with Crippen LogP contribution in [0, 0.1) is 0 Å². The van der Waals surface area contributed by atoms with Gasteiger partial charge in [-0.1, -0.05) is 13.0 Å². The van der Waals surface area contributed by atoms with Gasteiger partial charge in [-0.15, -0.1) is 11.6 Å². The highest BCUT2D eigenvalue weighted by Crippen LogP contribution is 2.07. The van der Waals surface area contributed by atoms with Crippen LogP contribution >= 0.6 is 11.6 Å². The lowest BCUT2D eigenvalue weighted by atomic mass is 10.2. The quantitative estimate of drug-likeness (QED) is 0.736. The number of rotatable bonds is 5. The molecular formula is C10H15ClN2. The maximum Gasteiger partial charge on any atom is 0.125 e. The Hall–Kier alpha value is -0.760. The van der Waals surface area contributed by atoms with Crippen molar-refractivity contribution in [3.05, 3.63) is 24.4 Å². The Morgan fingerprint density at radius 2 is 2.38 bits per heavy atom. The van der Waals surface area contributed by atoms with Gasteiger partial charge in [0.05, 0.1) is 0 Å². The van der Waals surface area contributed by atoms with Crippen molar-refractivity contribution in [2.75, 3.05) is 11.9 Å². The Labute approximate surface area is 84.3 Å². The topological polar surface area (TPSA) is 24.9 Å². The molecule has 0 aliphatic heterocycles. The molecule has 1 aromatic rings. The van der Waals surface area contributed by atoms with Gasteiger partial charge in [0.1, 0.15) is 5.82 Å². The number of halogens is 1. The number of anilines is 1. The summed E-state index contributed by atoms with van der Waals surface area (Å²) in [4.78, 5) is 4.15. The third kappa shape index (κ3) is 4.13. The number of nitrogens with one attached hydrogen (secondary N) is 1. The SMILES string of the molecule is CCC(Cl)CCNc1ccccn1. The van der Waals surface area contributed by atoms with Gasteiger partial charge in [-0.25, -0.2) is 4.98 Å². The van der Waals surface area contributed by atoms with E-state index in [-0.39, 0.29) is 5.38 Å². The zero-order valence-electron chi connectivity index (χ0n) is 7.83. The molecule has 1 N–H and O–H groups in total. The van der Waals surface area contributed by atoms with E-state index in [1.165, 1.54) is 0 Å². The number of aromatic nitrogens is 1. The smallest absolute Gasteiger partial charge is 0.125 e. The molecule has 0 aliphatic carbocycles. The number of alkyl halides is 1. The first-order valence-corrected chi connectivity index (χ1v) is 5.05. The molecule has 0 saturated carbocycles. The van der Waals surface area contributed by atoms with E-state index in [0.29, 0.717) is 0 Å².